The highest BCUT2D eigenvalue weighted by Crippen LogP contribution is 2.54. The molecular weight excluding hydrogens is 440 g/mol. The van der Waals surface area contributed by atoms with E-state index in [1.54, 1.807) is 12.1 Å². The second-order valence-electron chi connectivity index (χ2n) is 9.81. The number of rotatable bonds is 3. The largest absolute Gasteiger partial charge is 0.384 e. The number of benzene rings is 3. The standard InChI is InChI=1S/C28H24N4O3/c33-25-23-22(14-16-15-29-20-12-6-4-10-18(16)20)31-28(19-11-5-7-13-21(19)30-27(28)35)24(23)26(34)32(25)17-8-2-1-3-9-17/h1-13,16,22-24,29,31H,14-15H2,(H,30,35). The number of nitrogens with zero attached hydrogens (tertiary/aromatic N) is 1. The quantitative estimate of drug-likeness (QED) is 0.518. The zero-order valence-corrected chi connectivity index (χ0v) is 18.9. The summed E-state index contributed by atoms with van der Waals surface area (Å²) in [4.78, 5) is 42.8. The molecule has 0 bridgehead atoms. The molecule has 7 nitrogen and oxygen atoms in total. The molecule has 4 heterocycles. The Hall–Kier alpha value is -3.97. The maximum atomic E-state index is 14.0. The first-order valence-electron chi connectivity index (χ1n) is 12.0. The van der Waals surface area contributed by atoms with E-state index in [0.29, 0.717) is 17.8 Å². The highest BCUT2D eigenvalue weighted by Gasteiger charge is 2.70. The van der Waals surface area contributed by atoms with Gasteiger partial charge in [-0.25, -0.2) is 4.90 Å². The molecule has 1 spiro atoms. The van der Waals surface area contributed by atoms with Gasteiger partial charge in [0.25, 0.3) is 0 Å². The molecule has 0 saturated carbocycles. The van der Waals surface area contributed by atoms with E-state index in [-0.39, 0.29) is 29.7 Å². The van der Waals surface area contributed by atoms with E-state index in [1.165, 1.54) is 10.5 Å². The van der Waals surface area contributed by atoms with Crippen molar-refractivity contribution >= 4 is 34.8 Å². The summed E-state index contributed by atoms with van der Waals surface area (Å²) in [6.45, 7) is 0.759. The molecular formula is C28H24N4O3. The van der Waals surface area contributed by atoms with Gasteiger partial charge in [-0.3, -0.25) is 19.7 Å². The number of hydrogen-bond donors (Lipinski definition) is 3. The average Bonchev–Trinajstić information content (AvgIpc) is 3.59. The van der Waals surface area contributed by atoms with Crippen LogP contribution in [0, 0.1) is 11.8 Å². The second kappa shape index (κ2) is 7.26. The lowest BCUT2D eigenvalue weighted by Crippen LogP contribution is -2.53. The molecule has 3 amide bonds. The Balaban J connectivity index is 1.34. The van der Waals surface area contributed by atoms with Crippen molar-refractivity contribution in [3.63, 3.8) is 0 Å². The fourth-order valence-electron chi connectivity index (χ4n) is 6.67. The van der Waals surface area contributed by atoms with Crippen LogP contribution in [0.5, 0.6) is 0 Å². The number of anilines is 3. The van der Waals surface area contributed by atoms with Crippen molar-refractivity contribution in [1.29, 1.82) is 0 Å². The molecule has 0 aliphatic carbocycles. The van der Waals surface area contributed by atoms with Crippen LogP contribution in [0.2, 0.25) is 0 Å². The molecule has 7 heteroatoms. The number of imide groups is 1. The molecule has 5 atom stereocenters. The van der Waals surface area contributed by atoms with Gasteiger partial charge in [-0.1, -0.05) is 54.6 Å². The third kappa shape index (κ3) is 2.67. The third-order valence-corrected chi connectivity index (χ3v) is 8.11. The van der Waals surface area contributed by atoms with Crippen LogP contribution in [0.3, 0.4) is 0 Å². The van der Waals surface area contributed by atoms with E-state index in [4.69, 9.17) is 0 Å². The Labute approximate surface area is 202 Å². The van der Waals surface area contributed by atoms with Crippen LogP contribution in [-0.4, -0.2) is 30.3 Å². The summed E-state index contributed by atoms with van der Waals surface area (Å²) in [5, 5.41) is 9.98. The first-order chi connectivity index (χ1) is 17.1. The van der Waals surface area contributed by atoms with Gasteiger partial charge in [-0.15, -0.1) is 0 Å². The normalized spacial score (nSPS) is 30.3. The Morgan fingerprint density at radius 3 is 2.37 bits per heavy atom. The Morgan fingerprint density at radius 2 is 1.54 bits per heavy atom. The van der Waals surface area contributed by atoms with Crippen molar-refractivity contribution in [3.05, 3.63) is 90.0 Å². The Morgan fingerprint density at radius 1 is 0.829 bits per heavy atom. The van der Waals surface area contributed by atoms with Crippen LogP contribution in [0.25, 0.3) is 0 Å². The van der Waals surface area contributed by atoms with Gasteiger partial charge in [0, 0.05) is 35.4 Å². The number of fused-ring (bicyclic) bond motifs is 5. The second-order valence-corrected chi connectivity index (χ2v) is 9.81. The summed E-state index contributed by atoms with van der Waals surface area (Å²) < 4.78 is 0. The summed E-state index contributed by atoms with van der Waals surface area (Å²) in [5.74, 6) is -2.10. The molecule has 3 N–H and O–H groups in total. The van der Waals surface area contributed by atoms with Gasteiger partial charge in [0.05, 0.1) is 17.5 Å². The number of carbonyl (C=O) groups excluding carboxylic acids is 3. The maximum Gasteiger partial charge on any atom is 0.250 e. The first-order valence-corrected chi connectivity index (χ1v) is 12.0. The summed E-state index contributed by atoms with van der Waals surface area (Å²) >= 11 is 0. The lowest BCUT2D eigenvalue weighted by molar-refractivity contribution is -0.130. The fourth-order valence-corrected chi connectivity index (χ4v) is 6.67. The van der Waals surface area contributed by atoms with Gasteiger partial charge in [0.1, 0.15) is 5.54 Å². The van der Waals surface area contributed by atoms with E-state index in [1.807, 2.05) is 54.6 Å². The molecule has 174 valence electrons. The van der Waals surface area contributed by atoms with E-state index >= 15 is 0 Å². The van der Waals surface area contributed by atoms with Crippen LogP contribution >= 0.6 is 0 Å². The van der Waals surface area contributed by atoms with Crippen LogP contribution in [0.4, 0.5) is 17.1 Å². The monoisotopic (exact) mass is 464 g/mol. The molecule has 2 fully saturated rings. The van der Waals surface area contributed by atoms with E-state index in [9.17, 15) is 14.4 Å². The van der Waals surface area contributed by atoms with E-state index in [2.05, 4.69) is 28.1 Å². The molecule has 35 heavy (non-hydrogen) atoms. The minimum Gasteiger partial charge on any atom is -0.384 e. The van der Waals surface area contributed by atoms with Crippen molar-refractivity contribution in [1.82, 2.24) is 5.32 Å². The highest BCUT2D eigenvalue weighted by atomic mass is 16.2. The minimum atomic E-state index is -1.27. The Kier molecular flexibility index (Phi) is 4.23. The minimum absolute atomic E-state index is 0.174. The van der Waals surface area contributed by atoms with Crippen LogP contribution in [0.15, 0.2) is 78.9 Å². The summed E-state index contributed by atoms with van der Waals surface area (Å²) in [6.07, 6.45) is 0.643. The SMILES string of the molecule is O=C1C2C(CC3CNc4ccccc43)NC3(C(=O)Nc4ccccc43)C2C(=O)N1c1ccccc1. The smallest absolute Gasteiger partial charge is 0.250 e. The van der Waals surface area contributed by atoms with Gasteiger partial charge in [-0.05, 0) is 36.2 Å². The molecule has 7 rings (SSSR count). The predicted octanol–water partition coefficient (Wildman–Crippen LogP) is 3.21. The van der Waals surface area contributed by atoms with E-state index in [0.717, 1.165) is 17.8 Å². The highest BCUT2D eigenvalue weighted by molar-refractivity contribution is 6.25. The average molecular weight is 465 g/mol. The molecule has 3 aromatic rings. The van der Waals surface area contributed by atoms with Crippen molar-refractivity contribution in [2.75, 3.05) is 22.1 Å². The summed E-state index contributed by atoms with van der Waals surface area (Å²) in [7, 11) is 0. The Bertz CT molecular complexity index is 1390. The summed E-state index contributed by atoms with van der Waals surface area (Å²) in [5.41, 5.74) is 3.02. The van der Waals surface area contributed by atoms with Crippen LogP contribution in [0.1, 0.15) is 23.5 Å². The third-order valence-electron chi connectivity index (χ3n) is 8.11. The molecule has 2 saturated heterocycles. The van der Waals surface area contributed by atoms with Gasteiger partial charge in [0.2, 0.25) is 17.7 Å². The predicted molar refractivity (Wildman–Crippen MR) is 132 cm³/mol. The molecule has 0 radical (unpaired) electrons. The van der Waals surface area contributed by atoms with Gasteiger partial charge < -0.3 is 10.6 Å². The molecule has 3 aromatic carbocycles. The number of carbonyl (C=O) groups is 3. The van der Waals surface area contributed by atoms with Crippen molar-refractivity contribution in [3.8, 4) is 0 Å². The first kappa shape index (κ1) is 20.4. The lowest BCUT2D eigenvalue weighted by atomic mass is 9.76. The number of hydrogen-bond acceptors (Lipinski definition) is 5. The number of amides is 3. The molecule has 4 aliphatic heterocycles. The van der Waals surface area contributed by atoms with Crippen molar-refractivity contribution in [2.45, 2.75) is 23.9 Å². The molecule has 0 aromatic heterocycles. The van der Waals surface area contributed by atoms with E-state index < -0.39 is 17.4 Å². The van der Waals surface area contributed by atoms with Gasteiger partial charge in [0.15, 0.2) is 0 Å². The maximum absolute atomic E-state index is 14.0. The molecule has 5 unspecified atom stereocenters. The van der Waals surface area contributed by atoms with Crippen molar-refractivity contribution < 1.29 is 14.4 Å². The van der Waals surface area contributed by atoms with Crippen LogP contribution < -0.4 is 20.9 Å². The van der Waals surface area contributed by atoms with Gasteiger partial charge in [-0.2, -0.15) is 0 Å². The zero-order valence-electron chi connectivity index (χ0n) is 18.9. The van der Waals surface area contributed by atoms with Crippen LogP contribution in [-0.2, 0) is 19.9 Å². The topological polar surface area (TPSA) is 90.5 Å². The summed E-state index contributed by atoms with van der Waals surface area (Å²) in [6, 6.07) is 24.3. The number of para-hydroxylation sites is 3. The zero-order chi connectivity index (χ0) is 23.7. The number of nitrogens with one attached hydrogen (secondary N) is 3. The van der Waals surface area contributed by atoms with Crippen molar-refractivity contribution in [2.24, 2.45) is 11.8 Å². The van der Waals surface area contributed by atoms with Gasteiger partial charge >= 0.3 is 0 Å². The molecule has 4 aliphatic rings. The fraction of sp³-hybridized carbons (Fsp3) is 0.250. The lowest BCUT2D eigenvalue weighted by Gasteiger charge is -2.30.